The number of thioether (sulfide) groups is 1. The van der Waals surface area contributed by atoms with Gasteiger partial charge in [-0.3, -0.25) is 0 Å². The fraction of sp³-hybridized carbons (Fsp3) is 0.833. The molecule has 7 heteroatoms. The van der Waals surface area contributed by atoms with Gasteiger partial charge in [0, 0.05) is 17.8 Å². The van der Waals surface area contributed by atoms with E-state index < -0.39 is 12.0 Å². The lowest BCUT2D eigenvalue weighted by Crippen LogP contribution is -2.57. The summed E-state index contributed by atoms with van der Waals surface area (Å²) in [6.07, 6.45) is 5.24. The molecule has 2 N–H and O–H groups in total. The summed E-state index contributed by atoms with van der Waals surface area (Å²) in [5.74, 6) is -1.01. The van der Waals surface area contributed by atoms with E-state index in [1.165, 1.54) is 4.90 Å². The highest BCUT2D eigenvalue weighted by molar-refractivity contribution is 7.99. The molecule has 0 spiro atoms. The molecule has 2 fully saturated rings. The minimum absolute atomic E-state index is 0.0688. The quantitative estimate of drug-likeness (QED) is 0.802. The lowest BCUT2D eigenvalue weighted by molar-refractivity contribution is -0.147. The highest BCUT2D eigenvalue weighted by Gasteiger charge is 2.35. The zero-order valence-electron chi connectivity index (χ0n) is 11.0. The van der Waals surface area contributed by atoms with E-state index in [1.54, 1.807) is 11.8 Å². The van der Waals surface area contributed by atoms with Crippen LogP contribution in [-0.2, 0) is 9.53 Å². The van der Waals surface area contributed by atoms with E-state index in [2.05, 4.69) is 5.32 Å². The molecule has 1 aliphatic heterocycles. The van der Waals surface area contributed by atoms with Crippen molar-refractivity contribution >= 4 is 23.8 Å². The Hall–Kier alpha value is -0.950. The smallest absolute Gasteiger partial charge is 0.328 e. The van der Waals surface area contributed by atoms with Crippen LogP contribution in [0.5, 0.6) is 0 Å². The lowest BCUT2D eigenvalue weighted by atomic mass is 10.2. The van der Waals surface area contributed by atoms with Gasteiger partial charge in [0.15, 0.2) is 6.04 Å². The first kappa shape index (κ1) is 14.5. The topological polar surface area (TPSA) is 78.9 Å². The van der Waals surface area contributed by atoms with E-state index in [0.717, 1.165) is 19.3 Å². The minimum atomic E-state index is -1.01. The number of hydrogen-bond donors (Lipinski definition) is 2. The molecule has 1 aliphatic carbocycles. The van der Waals surface area contributed by atoms with Gasteiger partial charge in [0.25, 0.3) is 0 Å². The third kappa shape index (κ3) is 3.33. The number of carboxylic acids is 1. The number of carbonyl (C=O) groups is 2. The predicted molar refractivity (Wildman–Crippen MR) is 72.4 cm³/mol. The minimum Gasteiger partial charge on any atom is -0.480 e. The average molecular weight is 288 g/mol. The molecule has 2 aliphatic rings. The summed E-state index contributed by atoms with van der Waals surface area (Å²) in [4.78, 5) is 24.7. The van der Waals surface area contributed by atoms with E-state index in [1.807, 2.05) is 6.26 Å². The molecule has 0 aromatic rings. The standard InChI is InChI=1S/C12H20N2O4S/c1-19-10-4-2-3-8(10)13-12(17)14-5-6-18-7-9(14)11(15)16/h8-10H,2-7H2,1H3,(H,13,17)(H,15,16). The Morgan fingerprint density at radius 3 is 2.89 bits per heavy atom. The Morgan fingerprint density at radius 1 is 1.42 bits per heavy atom. The van der Waals surface area contributed by atoms with Crippen molar-refractivity contribution in [3.63, 3.8) is 0 Å². The number of carbonyl (C=O) groups excluding carboxylic acids is 1. The van der Waals surface area contributed by atoms with Crippen LogP contribution in [0, 0.1) is 0 Å². The summed E-state index contributed by atoms with van der Waals surface area (Å²) in [6, 6.07) is -0.996. The summed E-state index contributed by atoms with van der Waals surface area (Å²) < 4.78 is 5.13. The average Bonchev–Trinajstić information content (AvgIpc) is 2.85. The van der Waals surface area contributed by atoms with Gasteiger partial charge in [0.05, 0.1) is 13.2 Å². The summed E-state index contributed by atoms with van der Waals surface area (Å²) >= 11 is 1.76. The fourth-order valence-corrected chi connectivity index (χ4v) is 3.60. The first-order chi connectivity index (χ1) is 9.13. The molecular weight excluding hydrogens is 268 g/mol. The number of amides is 2. The van der Waals surface area contributed by atoms with Gasteiger partial charge in [-0.1, -0.05) is 6.42 Å². The van der Waals surface area contributed by atoms with Crippen LogP contribution in [0.4, 0.5) is 4.79 Å². The van der Waals surface area contributed by atoms with E-state index >= 15 is 0 Å². The molecule has 2 rings (SSSR count). The van der Waals surface area contributed by atoms with Crippen molar-refractivity contribution in [2.45, 2.75) is 36.6 Å². The van der Waals surface area contributed by atoms with Gasteiger partial charge in [-0.05, 0) is 19.1 Å². The molecule has 19 heavy (non-hydrogen) atoms. The van der Waals surface area contributed by atoms with Crippen LogP contribution in [0.2, 0.25) is 0 Å². The molecule has 1 saturated carbocycles. The van der Waals surface area contributed by atoms with Gasteiger partial charge in [-0.15, -0.1) is 0 Å². The predicted octanol–water partition coefficient (Wildman–Crippen LogP) is 0.765. The number of nitrogens with one attached hydrogen (secondary N) is 1. The zero-order valence-corrected chi connectivity index (χ0v) is 11.8. The molecule has 0 aromatic carbocycles. The Labute approximate surface area is 116 Å². The van der Waals surface area contributed by atoms with Crippen molar-refractivity contribution in [3.05, 3.63) is 0 Å². The largest absolute Gasteiger partial charge is 0.480 e. The molecule has 0 aromatic heterocycles. The second-order valence-corrected chi connectivity index (χ2v) is 5.96. The second kappa shape index (κ2) is 6.47. The lowest BCUT2D eigenvalue weighted by Gasteiger charge is -2.34. The summed E-state index contributed by atoms with van der Waals surface area (Å²) in [5.41, 5.74) is 0. The number of ether oxygens (including phenoxy) is 1. The molecule has 1 heterocycles. The highest BCUT2D eigenvalue weighted by atomic mass is 32.2. The summed E-state index contributed by atoms with van der Waals surface area (Å²) in [5, 5.41) is 12.5. The molecule has 1 saturated heterocycles. The molecular formula is C12H20N2O4S. The second-order valence-electron chi connectivity index (χ2n) is 4.88. The van der Waals surface area contributed by atoms with Gasteiger partial charge in [0.1, 0.15) is 0 Å². The molecule has 0 bridgehead atoms. The molecule has 0 radical (unpaired) electrons. The van der Waals surface area contributed by atoms with Gasteiger partial charge >= 0.3 is 12.0 Å². The van der Waals surface area contributed by atoms with Gasteiger partial charge < -0.3 is 20.1 Å². The summed E-state index contributed by atoms with van der Waals surface area (Å²) in [7, 11) is 0. The van der Waals surface area contributed by atoms with Gasteiger partial charge in [-0.25, -0.2) is 9.59 Å². The van der Waals surface area contributed by atoms with E-state index in [0.29, 0.717) is 18.4 Å². The number of morpholine rings is 1. The molecule has 6 nitrogen and oxygen atoms in total. The van der Waals surface area contributed by atoms with Gasteiger partial charge in [0.2, 0.25) is 0 Å². The Kier molecular flexibility index (Phi) is 4.93. The monoisotopic (exact) mass is 288 g/mol. The molecule has 2 amide bonds. The SMILES string of the molecule is CSC1CCCC1NC(=O)N1CCOCC1C(=O)O. The summed E-state index contributed by atoms with van der Waals surface area (Å²) in [6.45, 7) is 0.798. The maximum Gasteiger partial charge on any atom is 0.328 e. The van der Waals surface area contributed by atoms with Crippen molar-refractivity contribution in [3.8, 4) is 0 Å². The third-order valence-electron chi connectivity index (χ3n) is 3.74. The number of hydrogen-bond acceptors (Lipinski definition) is 4. The van der Waals surface area contributed by atoms with Crippen molar-refractivity contribution in [2.24, 2.45) is 0 Å². The van der Waals surface area contributed by atoms with Crippen LogP contribution in [-0.4, -0.2) is 65.4 Å². The van der Waals surface area contributed by atoms with Crippen molar-refractivity contribution in [1.29, 1.82) is 0 Å². The third-order valence-corrected chi connectivity index (χ3v) is 4.91. The Bertz CT molecular complexity index is 353. The Morgan fingerprint density at radius 2 is 2.21 bits per heavy atom. The van der Waals surface area contributed by atoms with Gasteiger partial charge in [-0.2, -0.15) is 11.8 Å². The van der Waals surface area contributed by atoms with Crippen LogP contribution < -0.4 is 5.32 Å². The number of aliphatic carboxylic acids is 1. The number of urea groups is 1. The number of nitrogens with zero attached hydrogens (tertiary/aromatic N) is 1. The zero-order chi connectivity index (χ0) is 13.8. The van der Waals surface area contributed by atoms with E-state index in [-0.39, 0.29) is 18.7 Å². The first-order valence-corrected chi connectivity index (χ1v) is 7.82. The van der Waals surface area contributed by atoms with Crippen molar-refractivity contribution in [2.75, 3.05) is 26.0 Å². The fourth-order valence-electron chi connectivity index (χ4n) is 2.67. The Balaban J connectivity index is 1.95. The number of carboxylic acid groups (broad SMARTS) is 1. The van der Waals surface area contributed by atoms with Crippen LogP contribution >= 0.6 is 11.8 Å². The molecule has 3 atom stereocenters. The van der Waals surface area contributed by atoms with Crippen molar-refractivity contribution in [1.82, 2.24) is 10.2 Å². The van der Waals surface area contributed by atoms with Crippen LogP contribution in [0.15, 0.2) is 0 Å². The van der Waals surface area contributed by atoms with Crippen LogP contribution in [0.3, 0.4) is 0 Å². The van der Waals surface area contributed by atoms with E-state index in [9.17, 15) is 9.59 Å². The maximum atomic E-state index is 12.2. The first-order valence-electron chi connectivity index (χ1n) is 6.54. The normalized spacial score (nSPS) is 31.2. The molecule has 108 valence electrons. The van der Waals surface area contributed by atoms with Crippen LogP contribution in [0.25, 0.3) is 0 Å². The molecule has 3 unspecified atom stereocenters. The number of rotatable bonds is 3. The highest BCUT2D eigenvalue weighted by Crippen LogP contribution is 2.28. The maximum absolute atomic E-state index is 12.2. The van der Waals surface area contributed by atoms with E-state index in [4.69, 9.17) is 9.84 Å². The van der Waals surface area contributed by atoms with Crippen LogP contribution in [0.1, 0.15) is 19.3 Å². The van der Waals surface area contributed by atoms with Crippen molar-refractivity contribution < 1.29 is 19.4 Å².